The summed E-state index contributed by atoms with van der Waals surface area (Å²) in [7, 11) is 0. The molecule has 8 heteroatoms. The molecule has 23 heavy (non-hydrogen) atoms. The lowest BCUT2D eigenvalue weighted by molar-refractivity contribution is 0.419. The summed E-state index contributed by atoms with van der Waals surface area (Å²) in [6.07, 6.45) is 7.54. The SMILES string of the molecule is Oc1c(Br)cc(Br)cc1C=Nn1c(C2CCCCC2)n[nH]c1=S. The number of aromatic amines is 1. The van der Waals surface area contributed by atoms with Crippen molar-refractivity contribution in [1.82, 2.24) is 14.9 Å². The number of H-pyrrole nitrogens is 1. The third-order valence-electron chi connectivity index (χ3n) is 4.02. The van der Waals surface area contributed by atoms with Gasteiger partial charge in [-0.05, 0) is 53.1 Å². The van der Waals surface area contributed by atoms with E-state index in [1.54, 1.807) is 23.0 Å². The van der Waals surface area contributed by atoms with Gasteiger partial charge < -0.3 is 5.11 Å². The summed E-state index contributed by atoms with van der Waals surface area (Å²) in [5.74, 6) is 1.40. The van der Waals surface area contributed by atoms with E-state index in [2.05, 4.69) is 47.2 Å². The van der Waals surface area contributed by atoms with Crippen molar-refractivity contribution in [2.75, 3.05) is 0 Å². The van der Waals surface area contributed by atoms with Crippen molar-refractivity contribution in [2.45, 2.75) is 38.0 Å². The van der Waals surface area contributed by atoms with Crippen LogP contribution in [0.4, 0.5) is 0 Å². The number of nitrogens with zero attached hydrogens (tertiary/aromatic N) is 3. The largest absolute Gasteiger partial charge is 0.506 e. The zero-order valence-electron chi connectivity index (χ0n) is 12.3. The van der Waals surface area contributed by atoms with E-state index in [0.29, 0.717) is 20.7 Å². The number of phenolic OH excluding ortho intramolecular Hbond substituents is 1. The average molecular weight is 460 g/mol. The Labute approximate surface area is 156 Å². The summed E-state index contributed by atoms with van der Waals surface area (Å²) in [6, 6.07) is 3.58. The summed E-state index contributed by atoms with van der Waals surface area (Å²) in [4.78, 5) is 0. The zero-order chi connectivity index (χ0) is 16.4. The van der Waals surface area contributed by atoms with Gasteiger partial charge in [0.05, 0.1) is 10.7 Å². The summed E-state index contributed by atoms with van der Waals surface area (Å²) in [6.45, 7) is 0. The van der Waals surface area contributed by atoms with Crippen molar-refractivity contribution in [3.05, 3.63) is 37.2 Å². The maximum atomic E-state index is 10.1. The smallest absolute Gasteiger partial charge is 0.216 e. The predicted octanol–water partition coefficient (Wildman–Crippen LogP) is 5.10. The number of hydrogen-bond donors (Lipinski definition) is 2. The number of nitrogens with one attached hydrogen (secondary N) is 1. The van der Waals surface area contributed by atoms with E-state index in [-0.39, 0.29) is 5.75 Å². The van der Waals surface area contributed by atoms with Crippen molar-refractivity contribution in [3.8, 4) is 5.75 Å². The minimum absolute atomic E-state index is 0.145. The van der Waals surface area contributed by atoms with Crippen LogP contribution >= 0.6 is 44.1 Å². The van der Waals surface area contributed by atoms with Crippen LogP contribution in [0, 0.1) is 4.77 Å². The van der Waals surface area contributed by atoms with Gasteiger partial charge in [-0.25, -0.2) is 0 Å². The van der Waals surface area contributed by atoms with E-state index >= 15 is 0 Å². The number of phenols is 1. The lowest BCUT2D eigenvalue weighted by Crippen LogP contribution is -2.10. The molecule has 1 heterocycles. The molecule has 3 rings (SSSR count). The Balaban J connectivity index is 1.94. The van der Waals surface area contributed by atoms with E-state index in [0.717, 1.165) is 23.1 Å². The monoisotopic (exact) mass is 458 g/mol. The molecule has 0 aliphatic heterocycles. The fourth-order valence-corrected chi connectivity index (χ4v) is 4.29. The maximum Gasteiger partial charge on any atom is 0.216 e. The maximum absolute atomic E-state index is 10.1. The lowest BCUT2D eigenvalue weighted by atomic mass is 9.89. The standard InChI is InChI=1S/C15H16Br2N4OS/c16-11-6-10(13(22)12(17)7-11)8-18-21-14(19-20-15(21)23)9-4-2-1-3-5-9/h6-9,22H,1-5H2,(H,20,23). The van der Waals surface area contributed by atoms with E-state index in [1.165, 1.54) is 19.3 Å². The number of rotatable bonds is 3. The highest BCUT2D eigenvalue weighted by molar-refractivity contribution is 9.11. The number of aromatic hydroxyl groups is 1. The third kappa shape index (κ3) is 3.75. The van der Waals surface area contributed by atoms with Gasteiger partial charge in [0.25, 0.3) is 0 Å². The molecule has 1 aromatic heterocycles. The topological polar surface area (TPSA) is 66.2 Å². The quantitative estimate of drug-likeness (QED) is 0.495. The van der Waals surface area contributed by atoms with Gasteiger partial charge in [-0.1, -0.05) is 35.2 Å². The van der Waals surface area contributed by atoms with E-state index in [4.69, 9.17) is 12.2 Å². The van der Waals surface area contributed by atoms with Crippen LogP contribution in [0.15, 0.2) is 26.2 Å². The highest BCUT2D eigenvalue weighted by atomic mass is 79.9. The Morgan fingerprint density at radius 1 is 1.30 bits per heavy atom. The van der Waals surface area contributed by atoms with Gasteiger partial charge in [-0.3, -0.25) is 5.10 Å². The molecule has 0 spiro atoms. The van der Waals surface area contributed by atoms with Gasteiger partial charge in [-0.15, -0.1) is 0 Å². The Bertz CT molecular complexity index is 793. The van der Waals surface area contributed by atoms with Gasteiger partial charge in [-0.2, -0.15) is 14.9 Å². The molecule has 0 bridgehead atoms. The van der Waals surface area contributed by atoms with Gasteiger partial charge in [0.15, 0.2) is 5.82 Å². The number of aromatic nitrogens is 3. The molecular weight excluding hydrogens is 444 g/mol. The number of hydrogen-bond acceptors (Lipinski definition) is 4. The summed E-state index contributed by atoms with van der Waals surface area (Å²) in [5.41, 5.74) is 0.601. The molecule has 2 N–H and O–H groups in total. The van der Waals surface area contributed by atoms with Crippen molar-refractivity contribution in [3.63, 3.8) is 0 Å². The van der Waals surface area contributed by atoms with Crippen LogP contribution in [0.3, 0.4) is 0 Å². The summed E-state index contributed by atoms with van der Waals surface area (Å²) >= 11 is 12.0. The zero-order valence-corrected chi connectivity index (χ0v) is 16.3. The van der Waals surface area contributed by atoms with Crippen molar-refractivity contribution < 1.29 is 5.11 Å². The molecule has 122 valence electrons. The van der Waals surface area contributed by atoms with Crippen molar-refractivity contribution >= 4 is 50.3 Å². The fourth-order valence-electron chi connectivity index (χ4n) is 2.84. The second-order valence-corrected chi connectivity index (χ2v) is 7.76. The predicted molar refractivity (Wildman–Crippen MR) is 99.7 cm³/mol. The van der Waals surface area contributed by atoms with Crippen LogP contribution in [0.2, 0.25) is 0 Å². The molecule has 1 aliphatic carbocycles. The third-order valence-corrected chi connectivity index (χ3v) is 5.34. The van der Waals surface area contributed by atoms with Gasteiger partial charge in [0.1, 0.15) is 5.75 Å². The molecule has 1 fully saturated rings. The van der Waals surface area contributed by atoms with Gasteiger partial charge >= 0.3 is 0 Å². The first-order valence-corrected chi connectivity index (χ1v) is 9.45. The molecule has 0 radical (unpaired) electrons. The molecule has 0 amide bonds. The summed E-state index contributed by atoms with van der Waals surface area (Å²) < 4.78 is 3.60. The van der Waals surface area contributed by atoms with Crippen LogP contribution < -0.4 is 0 Å². The Morgan fingerprint density at radius 2 is 2.04 bits per heavy atom. The van der Waals surface area contributed by atoms with E-state index < -0.39 is 0 Å². The molecule has 0 atom stereocenters. The molecule has 1 aromatic carbocycles. The van der Waals surface area contributed by atoms with Gasteiger partial charge in [0.2, 0.25) is 4.77 Å². The molecule has 0 unspecified atom stereocenters. The number of halogens is 2. The van der Waals surface area contributed by atoms with Crippen LogP contribution in [-0.2, 0) is 0 Å². The van der Waals surface area contributed by atoms with E-state index in [1.807, 2.05) is 0 Å². The fraction of sp³-hybridized carbons (Fsp3) is 0.400. The first-order chi connectivity index (χ1) is 11.1. The molecule has 5 nitrogen and oxygen atoms in total. The first kappa shape index (κ1) is 16.9. The average Bonchev–Trinajstić information content (AvgIpc) is 2.91. The van der Waals surface area contributed by atoms with Crippen LogP contribution in [0.5, 0.6) is 5.75 Å². The lowest BCUT2D eigenvalue weighted by Gasteiger charge is -2.19. The first-order valence-electron chi connectivity index (χ1n) is 7.46. The molecule has 2 aromatic rings. The minimum atomic E-state index is 0.145. The van der Waals surface area contributed by atoms with E-state index in [9.17, 15) is 5.11 Å². The molecule has 1 aliphatic rings. The second-order valence-electron chi connectivity index (χ2n) is 5.60. The van der Waals surface area contributed by atoms with Crippen LogP contribution in [-0.4, -0.2) is 26.2 Å². The highest BCUT2D eigenvalue weighted by Gasteiger charge is 2.21. The Morgan fingerprint density at radius 3 is 2.78 bits per heavy atom. The highest BCUT2D eigenvalue weighted by Crippen LogP contribution is 2.32. The number of benzene rings is 1. The Kier molecular flexibility index (Phi) is 5.33. The van der Waals surface area contributed by atoms with Crippen LogP contribution in [0.1, 0.15) is 49.4 Å². The summed E-state index contributed by atoms with van der Waals surface area (Å²) in [5, 5.41) is 21.8. The minimum Gasteiger partial charge on any atom is -0.506 e. The molecular formula is C15H16Br2N4OS. The van der Waals surface area contributed by atoms with Gasteiger partial charge in [0, 0.05) is 16.0 Å². The molecule has 0 saturated heterocycles. The van der Waals surface area contributed by atoms with Crippen molar-refractivity contribution in [2.24, 2.45) is 5.10 Å². The molecule has 1 saturated carbocycles. The van der Waals surface area contributed by atoms with Crippen molar-refractivity contribution in [1.29, 1.82) is 0 Å². The van der Waals surface area contributed by atoms with Crippen LogP contribution in [0.25, 0.3) is 0 Å². The Hall–Kier alpha value is -0.990. The second kappa shape index (κ2) is 7.27. The normalized spacial score (nSPS) is 16.3.